The number of rotatable bonds is 5. The minimum absolute atomic E-state index is 0.131. The Bertz CT molecular complexity index is 460. The molecule has 0 aromatic heterocycles. The average molecular weight is 280 g/mol. The normalized spacial score (nSPS) is 11.6. The fourth-order valence-electron chi connectivity index (χ4n) is 1.13. The van der Waals surface area contributed by atoms with Crippen molar-refractivity contribution in [3.05, 3.63) is 23.2 Å². The van der Waals surface area contributed by atoms with E-state index in [1.54, 1.807) is 11.8 Å². The van der Waals surface area contributed by atoms with Crippen LogP contribution in [0.5, 0.6) is 0 Å². The Morgan fingerprint density at radius 3 is 2.69 bits per heavy atom. The molecule has 0 aliphatic heterocycles. The van der Waals surface area contributed by atoms with Crippen LogP contribution in [-0.4, -0.2) is 25.7 Å². The van der Waals surface area contributed by atoms with Crippen LogP contribution in [-0.2, 0) is 9.84 Å². The highest BCUT2D eigenvalue weighted by Crippen LogP contribution is 2.23. The van der Waals surface area contributed by atoms with Gasteiger partial charge in [-0.05, 0) is 24.0 Å². The molecular weight excluding hydrogens is 266 g/mol. The van der Waals surface area contributed by atoms with E-state index in [0.717, 1.165) is 5.75 Å². The third kappa shape index (κ3) is 3.57. The fraction of sp³-hybridized carbons (Fsp3) is 0.400. The van der Waals surface area contributed by atoms with Crippen molar-refractivity contribution in [3.63, 3.8) is 0 Å². The molecule has 0 radical (unpaired) electrons. The quantitative estimate of drug-likeness (QED) is 0.664. The summed E-state index contributed by atoms with van der Waals surface area (Å²) >= 11 is 7.39. The second-order valence-electron chi connectivity index (χ2n) is 3.20. The molecule has 1 rings (SSSR count). The third-order valence-corrected chi connectivity index (χ3v) is 5.23. The Hall–Kier alpha value is -0.390. The first-order valence-corrected chi connectivity index (χ1v) is 8.01. The maximum absolute atomic E-state index is 11.9. The molecule has 0 spiro atoms. The first kappa shape index (κ1) is 13.7. The second-order valence-corrected chi connectivity index (χ2v) is 7.11. The Balaban J connectivity index is 2.86. The molecule has 90 valence electrons. The predicted molar refractivity (Wildman–Crippen MR) is 70.9 cm³/mol. The zero-order chi connectivity index (χ0) is 12.2. The molecule has 0 fully saturated rings. The van der Waals surface area contributed by atoms with Crippen molar-refractivity contribution in [3.8, 4) is 0 Å². The van der Waals surface area contributed by atoms with Crippen LogP contribution in [0.15, 0.2) is 23.1 Å². The summed E-state index contributed by atoms with van der Waals surface area (Å²) in [6.07, 6.45) is 0. The monoisotopic (exact) mass is 279 g/mol. The van der Waals surface area contributed by atoms with Crippen LogP contribution in [0, 0.1) is 0 Å². The highest BCUT2D eigenvalue weighted by molar-refractivity contribution is 8.00. The van der Waals surface area contributed by atoms with Gasteiger partial charge < -0.3 is 5.73 Å². The van der Waals surface area contributed by atoms with Gasteiger partial charge in [0.1, 0.15) is 0 Å². The van der Waals surface area contributed by atoms with Crippen molar-refractivity contribution in [1.29, 1.82) is 0 Å². The van der Waals surface area contributed by atoms with Crippen LogP contribution in [0.2, 0.25) is 5.02 Å². The zero-order valence-corrected chi connectivity index (χ0v) is 11.3. The van der Waals surface area contributed by atoms with E-state index < -0.39 is 9.84 Å². The minimum Gasteiger partial charge on any atom is -0.398 e. The van der Waals surface area contributed by atoms with Gasteiger partial charge in [0.05, 0.1) is 21.4 Å². The topological polar surface area (TPSA) is 60.2 Å². The maximum Gasteiger partial charge on any atom is 0.179 e. The highest BCUT2D eigenvalue weighted by atomic mass is 35.5. The number of halogens is 1. The average Bonchev–Trinajstić information content (AvgIpc) is 2.22. The van der Waals surface area contributed by atoms with Gasteiger partial charge in [-0.2, -0.15) is 11.8 Å². The summed E-state index contributed by atoms with van der Waals surface area (Å²) in [6, 6.07) is 4.41. The summed E-state index contributed by atoms with van der Waals surface area (Å²) in [6.45, 7) is 2.00. The number of hydrogen-bond acceptors (Lipinski definition) is 4. The number of anilines is 1. The van der Waals surface area contributed by atoms with E-state index in [1.807, 2.05) is 6.92 Å². The van der Waals surface area contributed by atoms with Crippen molar-refractivity contribution in [2.75, 3.05) is 23.0 Å². The Kier molecular flexibility index (Phi) is 4.95. The standard InChI is InChI=1S/C10H14ClNO2S2/c1-2-15-5-6-16(13,14)8-3-4-10(12)9(11)7-8/h3-4,7H,2,5-6,12H2,1H3. The van der Waals surface area contributed by atoms with E-state index in [1.165, 1.54) is 18.2 Å². The lowest BCUT2D eigenvalue weighted by Crippen LogP contribution is -2.09. The van der Waals surface area contributed by atoms with Crippen LogP contribution >= 0.6 is 23.4 Å². The van der Waals surface area contributed by atoms with Crippen molar-refractivity contribution >= 4 is 38.9 Å². The van der Waals surface area contributed by atoms with E-state index in [9.17, 15) is 8.42 Å². The molecular formula is C10H14ClNO2S2. The first-order chi connectivity index (χ1) is 7.47. The van der Waals surface area contributed by atoms with Crippen molar-refractivity contribution < 1.29 is 8.42 Å². The molecule has 2 N–H and O–H groups in total. The van der Waals surface area contributed by atoms with E-state index in [0.29, 0.717) is 11.4 Å². The van der Waals surface area contributed by atoms with Gasteiger partial charge in [-0.15, -0.1) is 0 Å². The lowest BCUT2D eigenvalue weighted by molar-refractivity contribution is 0.597. The summed E-state index contributed by atoms with van der Waals surface area (Å²) < 4.78 is 23.7. The molecule has 0 heterocycles. The minimum atomic E-state index is -3.23. The molecule has 0 aliphatic carbocycles. The van der Waals surface area contributed by atoms with Gasteiger partial charge in [-0.1, -0.05) is 18.5 Å². The SMILES string of the molecule is CCSCCS(=O)(=O)c1ccc(N)c(Cl)c1. The molecule has 1 aromatic carbocycles. The molecule has 0 atom stereocenters. The van der Waals surface area contributed by atoms with Crippen molar-refractivity contribution in [2.24, 2.45) is 0 Å². The Morgan fingerprint density at radius 2 is 2.12 bits per heavy atom. The molecule has 0 amide bonds. The fourth-order valence-corrected chi connectivity index (χ4v) is 3.82. The van der Waals surface area contributed by atoms with Gasteiger partial charge in [-0.25, -0.2) is 8.42 Å². The first-order valence-electron chi connectivity index (χ1n) is 4.83. The van der Waals surface area contributed by atoms with Crippen LogP contribution in [0.3, 0.4) is 0 Å². The van der Waals surface area contributed by atoms with E-state index in [4.69, 9.17) is 17.3 Å². The number of thioether (sulfide) groups is 1. The van der Waals surface area contributed by atoms with E-state index >= 15 is 0 Å². The molecule has 0 unspecified atom stereocenters. The van der Waals surface area contributed by atoms with E-state index in [-0.39, 0.29) is 15.7 Å². The molecule has 0 bridgehead atoms. The number of benzene rings is 1. The zero-order valence-electron chi connectivity index (χ0n) is 8.94. The van der Waals surface area contributed by atoms with Gasteiger partial charge in [0.15, 0.2) is 9.84 Å². The molecule has 16 heavy (non-hydrogen) atoms. The summed E-state index contributed by atoms with van der Waals surface area (Å²) in [7, 11) is -3.23. The highest BCUT2D eigenvalue weighted by Gasteiger charge is 2.14. The lowest BCUT2D eigenvalue weighted by atomic mass is 10.3. The largest absolute Gasteiger partial charge is 0.398 e. The van der Waals surface area contributed by atoms with Crippen LogP contribution in [0.1, 0.15) is 6.92 Å². The summed E-state index contributed by atoms with van der Waals surface area (Å²) in [4.78, 5) is 0.239. The van der Waals surface area contributed by atoms with Crippen LogP contribution in [0.4, 0.5) is 5.69 Å². The van der Waals surface area contributed by atoms with Crippen LogP contribution < -0.4 is 5.73 Å². The van der Waals surface area contributed by atoms with Gasteiger partial charge in [0.25, 0.3) is 0 Å². The maximum atomic E-state index is 11.9. The Labute approximate surface area is 105 Å². The van der Waals surface area contributed by atoms with Crippen LogP contribution in [0.25, 0.3) is 0 Å². The van der Waals surface area contributed by atoms with E-state index in [2.05, 4.69) is 0 Å². The molecule has 0 saturated carbocycles. The predicted octanol–water partition coefficient (Wildman–Crippen LogP) is 2.45. The number of nitrogen functional groups attached to an aromatic ring is 1. The summed E-state index contributed by atoms with van der Waals surface area (Å²) in [5.74, 6) is 1.64. The molecule has 3 nitrogen and oxygen atoms in total. The van der Waals surface area contributed by atoms with Gasteiger partial charge >= 0.3 is 0 Å². The Morgan fingerprint density at radius 1 is 1.44 bits per heavy atom. The summed E-state index contributed by atoms with van der Waals surface area (Å²) in [5, 5.41) is 0.282. The van der Waals surface area contributed by atoms with Gasteiger partial charge in [0, 0.05) is 5.75 Å². The molecule has 0 saturated heterocycles. The van der Waals surface area contributed by atoms with Gasteiger partial charge in [0.2, 0.25) is 0 Å². The number of hydrogen-bond donors (Lipinski definition) is 1. The summed E-state index contributed by atoms with van der Waals surface area (Å²) in [5.41, 5.74) is 5.91. The number of nitrogens with two attached hydrogens (primary N) is 1. The lowest BCUT2D eigenvalue weighted by Gasteiger charge is -2.05. The number of sulfone groups is 1. The molecule has 1 aromatic rings. The van der Waals surface area contributed by atoms with Crippen molar-refractivity contribution in [1.82, 2.24) is 0 Å². The smallest absolute Gasteiger partial charge is 0.179 e. The third-order valence-electron chi connectivity index (χ3n) is 2.03. The second kappa shape index (κ2) is 5.80. The van der Waals surface area contributed by atoms with Crippen molar-refractivity contribution in [2.45, 2.75) is 11.8 Å². The molecule has 6 heteroatoms. The molecule has 0 aliphatic rings. The van der Waals surface area contributed by atoms with Gasteiger partial charge in [-0.3, -0.25) is 0 Å².